The molecule has 5 nitrogen and oxygen atoms in total. The average Bonchev–Trinajstić information content (AvgIpc) is 2.73. The van der Waals surface area contributed by atoms with Gasteiger partial charge in [-0.15, -0.1) is 0 Å². The Morgan fingerprint density at radius 1 is 1.03 bits per heavy atom. The molecular formula is C24H25NO4. The maximum atomic E-state index is 12.2. The topological polar surface area (TPSA) is 75.6 Å². The number of ether oxygens (including phenoxy) is 1. The molecule has 0 aliphatic heterocycles. The van der Waals surface area contributed by atoms with Crippen molar-refractivity contribution < 1.29 is 19.4 Å². The van der Waals surface area contributed by atoms with Crippen molar-refractivity contribution in [2.24, 2.45) is 0 Å². The molecule has 0 saturated heterocycles. The maximum Gasteiger partial charge on any atom is 0.337 e. The fourth-order valence-electron chi connectivity index (χ4n) is 3.40. The molecular weight excluding hydrogens is 366 g/mol. The molecule has 5 heteroatoms. The molecule has 0 aliphatic rings. The lowest BCUT2D eigenvalue weighted by molar-refractivity contribution is -0.116. The van der Waals surface area contributed by atoms with Crippen LogP contribution in [-0.2, 0) is 4.79 Å². The third kappa shape index (κ3) is 5.13. The number of anilines is 1. The van der Waals surface area contributed by atoms with Gasteiger partial charge in [0.15, 0.2) is 0 Å². The van der Waals surface area contributed by atoms with Crippen LogP contribution in [0.3, 0.4) is 0 Å². The fourth-order valence-corrected chi connectivity index (χ4v) is 3.40. The van der Waals surface area contributed by atoms with Crippen molar-refractivity contribution in [2.45, 2.75) is 32.1 Å². The van der Waals surface area contributed by atoms with E-state index in [-0.39, 0.29) is 11.5 Å². The molecule has 3 aromatic carbocycles. The van der Waals surface area contributed by atoms with Crippen molar-refractivity contribution in [1.82, 2.24) is 0 Å². The summed E-state index contributed by atoms with van der Waals surface area (Å²) < 4.78 is 5.27. The van der Waals surface area contributed by atoms with Crippen molar-refractivity contribution in [3.63, 3.8) is 0 Å². The first-order valence-electron chi connectivity index (χ1n) is 9.68. The summed E-state index contributed by atoms with van der Waals surface area (Å²) >= 11 is 0. The van der Waals surface area contributed by atoms with Crippen LogP contribution in [0.4, 0.5) is 5.69 Å². The normalized spacial score (nSPS) is 11.8. The molecule has 2 N–H and O–H groups in total. The highest BCUT2D eigenvalue weighted by Gasteiger charge is 2.13. The van der Waals surface area contributed by atoms with Crippen LogP contribution in [0.5, 0.6) is 5.75 Å². The highest BCUT2D eigenvalue weighted by molar-refractivity contribution is 6.00. The van der Waals surface area contributed by atoms with E-state index < -0.39 is 5.97 Å². The quantitative estimate of drug-likeness (QED) is 0.535. The molecule has 3 rings (SSSR count). The molecule has 1 amide bonds. The third-order valence-electron chi connectivity index (χ3n) is 5.11. The van der Waals surface area contributed by atoms with E-state index in [1.807, 2.05) is 12.1 Å². The number of benzene rings is 3. The Morgan fingerprint density at radius 2 is 1.76 bits per heavy atom. The smallest absolute Gasteiger partial charge is 0.337 e. The standard InChI is InChI=1S/C24H25NO4/c1-16(17-10-11-19-15-20(29-2)13-12-18(19)14-17)6-5-9-23(26)25-22-8-4-3-7-21(22)24(27)28/h3-4,7-8,10-16H,5-6,9H2,1-2H3,(H,25,26)(H,27,28). The SMILES string of the molecule is COc1ccc2cc(C(C)CCCC(=O)Nc3ccccc3C(=O)O)ccc2c1. The van der Waals surface area contributed by atoms with Crippen LogP contribution in [0.1, 0.15) is 48.0 Å². The van der Waals surface area contributed by atoms with Gasteiger partial charge in [0, 0.05) is 6.42 Å². The van der Waals surface area contributed by atoms with Crippen LogP contribution in [0.2, 0.25) is 0 Å². The Labute approximate surface area is 170 Å². The van der Waals surface area contributed by atoms with Gasteiger partial charge < -0.3 is 15.2 Å². The first-order chi connectivity index (χ1) is 14.0. The monoisotopic (exact) mass is 391 g/mol. The Balaban J connectivity index is 1.55. The highest BCUT2D eigenvalue weighted by Crippen LogP contribution is 2.27. The summed E-state index contributed by atoms with van der Waals surface area (Å²) in [5, 5.41) is 14.2. The minimum absolute atomic E-state index is 0.0991. The van der Waals surface area contributed by atoms with Gasteiger partial charge in [-0.1, -0.05) is 43.3 Å². The van der Waals surface area contributed by atoms with Crippen LogP contribution in [-0.4, -0.2) is 24.1 Å². The lowest BCUT2D eigenvalue weighted by Crippen LogP contribution is -2.14. The van der Waals surface area contributed by atoms with Gasteiger partial charge in [0.25, 0.3) is 0 Å². The van der Waals surface area contributed by atoms with Gasteiger partial charge in [0.2, 0.25) is 5.91 Å². The summed E-state index contributed by atoms with van der Waals surface area (Å²) in [6.07, 6.45) is 1.95. The molecule has 0 bridgehead atoms. The van der Waals surface area contributed by atoms with Crippen molar-refractivity contribution in [3.8, 4) is 5.75 Å². The number of carboxylic acid groups (broad SMARTS) is 1. The second kappa shape index (κ2) is 9.24. The molecule has 29 heavy (non-hydrogen) atoms. The summed E-state index contributed by atoms with van der Waals surface area (Å²) in [5.74, 6) is -0.0608. The van der Waals surface area contributed by atoms with Crippen LogP contribution in [0.15, 0.2) is 60.7 Å². The van der Waals surface area contributed by atoms with Crippen molar-refractivity contribution in [2.75, 3.05) is 12.4 Å². The Kier molecular flexibility index (Phi) is 6.50. The van der Waals surface area contributed by atoms with Crippen LogP contribution in [0.25, 0.3) is 10.8 Å². The predicted octanol–water partition coefficient (Wildman–Crippen LogP) is 5.46. The summed E-state index contributed by atoms with van der Waals surface area (Å²) in [4.78, 5) is 23.5. The lowest BCUT2D eigenvalue weighted by atomic mass is 9.93. The number of nitrogens with one attached hydrogen (secondary N) is 1. The van der Waals surface area contributed by atoms with E-state index in [9.17, 15) is 14.7 Å². The van der Waals surface area contributed by atoms with Gasteiger partial charge >= 0.3 is 5.97 Å². The van der Waals surface area contributed by atoms with E-state index in [1.165, 1.54) is 11.6 Å². The number of carboxylic acids is 1. The average molecular weight is 391 g/mol. The van der Waals surface area contributed by atoms with Crippen molar-refractivity contribution in [1.29, 1.82) is 0 Å². The zero-order valence-electron chi connectivity index (χ0n) is 16.6. The molecule has 0 aliphatic carbocycles. The molecule has 0 fully saturated rings. The number of carbonyl (C=O) groups excluding carboxylic acids is 1. The molecule has 1 atom stereocenters. The summed E-state index contributed by atoms with van der Waals surface area (Å²) in [6.45, 7) is 2.16. The highest BCUT2D eigenvalue weighted by atomic mass is 16.5. The number of amides is 1. The zero-order chi connectivity index (χ0) is 20.8. The minimum Gasteiger partial charge on any atom is -0.497 e. The first-order valence-corrected chi connectivity index (χ1v) is 9.68. The minimum atomic E-state index is -1.05. The lowest BCUT2D eigenvalue weighted by Gasteiger charge is -2.13. The number of methoxy groups -OCH3 is 1. The summed E-state index contributed by atoms with van der Waals surface area (Å²) in [6, 6.07) is 18.9. The van der Waals surface area contributed by atoms with Crippen molar-refractivity contribution in [3.05, 3.63) is 71.8 Å². The molecule has 150 valence electrons. The molecule has 0 saturated carbocycles. The molecule has 0 aromatic heterocycles. The number of aromatic carboxylic acids is 1. The summed E-state index contributed by atoms with van der Waals surface area (Å²) in [7, 11) is 1.66. The number of fused-ring (bicyclic) bond motifs is 1. The molecule has 0 heterocycles. The van der Waals surface area contributed by atoms with E-state index in [1.54, 1.807) is 25.3 Å². The predicted molar refractivity (Wildman–Crippen MR) is 115 cm³/mol. The van der Waals surface area contributed by atoms with E-state index in [2.05, 4.69) is 36.5 Å². The fraction of sp³-hybridized carbons (Fsp3) is 0.250. The maximum absolute atomic E-state index is 12.2. The molecule has 0 spiro atoms. The van der Waals surface area contributed by atoms with Gasteiger partial charge in [-0.3, -0.25) is 4.79 Å². The second-order valence-corrected chi connectivity index (χ2v) is 7.16. The number of rotatable bonds is 8. The van der Waals surface area contributed by atoms with E-state index >= 15 is 0 Å². The Hall–Kier alpha value is -3.34. The van der Waals surface area contributed by atoms with Gasteiger partial charge in [-0.2, -0.15) is 0 Å². The van der Waals surface area contributed by atoms with Gasteiger partial charge in [0.05, 0.1) is 18.4 Å². The molecule has 3 aromatic rings. The van der Waals surface area contributed by atoms with Crippen molar-refractivity contribution >= 4 is 28.3 Å². The summed E-state index contributed by atoms with van der Waals surface area (Å²) in [5.41, 5.74) is 1.67. The first kappa shape index (κ1) is 20.4. The molecule has 0 radical (unpaired) electrons. The number of para-hydroxylation sites is 1. The van der Waals surface area contributed by atoms with Gasteiger partial charge in [0.1, 0.15) is 5.75 Å². The van der Waals surface area contributed by atoms with Gasteiger partial charge in [-0.25, -0.2) is 4.79 Å². The second-order valence-electron chi connectivity index (χ2n) is 7.16. The Morgan fingerprint density at radius 3 is 2.52 bits per heavy atom. The number of carbonyl (C=O) groups is 2. The van der Waals surface area contributed by atoms with E-state index in [4.69, 9.17) is 4.74 Å². The number of hydrogen-bond acceptors (Lipinski definition) is 3. The van der Waals surface area contributed by atoms with E-state index in [0.717, 1.165) is 29.4 Å². The number of hydrogen-bond donors (Lipinski definition) is 2. The van der Waals surface area contributed by atoms with Crippen LogP contribution < -0.4 is 10.1 Å². The van der Waals surface area contributed by atoms with E-state index in [0.29, 0.717) is 18.0 Å². The molecule has 1 unspecified atom stereocenters. The largest absolute Gasteiger partial charge is 0.497 e. The van der Waals surface area contributed by atoms with Crippen LogP contribution >= 0.6 is 0 Å². The third-order valence-corrected chi connectivity index (χ3v) is 5.11. The zero-order valence-corrected chi connectivity index (χ0v) is 16.6. The van der Waals surface area contributed by atoms with Crippen LogP contribution in [0, 0.1) is 0 Å². The Bertz CT molecular complexity index is 1030. The van der Waals surface area contributed by atoms with Gasteiger partial charge in [-0.05, 0) is 59.4 Å².